The van der Waals surface area contributed by atoms with Crippen LogP contribution < -0.4 is 4.74 Å². The molecular weight excluding hydrogens is 477 g/mol. The van der Waals surface area contributed by atoms with E-state index in [0.717, 1.165) is 22.5 Å². The van der Waals surface area contributed by atoms with Crippen molar-refractivity contribution in [3.8, 4) is 16.9 Å². The molecule has 1 aromatic heterocycles. The minimum Gasteiger partial charge on any atom is -0.491 e. The molecule has 0 atom stereocenters. The van der Waals surface area contributed by atoms with Gasteiger partial charge in [0, 0.05) is 22.8 Å². The van der Waals surface area contributed by atoms with Crippen LogP contribution in [0.25, 0.3) is 21.2 Å². The van der Waals surface area contributed by atoms with Crippen molar-refractivity contribution in [3.63, 3.8) is 0 Å². The Bertz CT molecular complexity index is 1150. The first kappa shape index (κ1) is 26.7. The highest BCUT2D eigenvalue weighted by atomic mass is 32.1. The number of thiophene rings is 1. The van der Waals surface area contributed by atoms with Crippen molar-refractivity contribution in [1.82, 2.24) is 0 Å². The fraction of sp³-hybridized carbons (Fsp3) is 0.462. The van der Waals surface area contributed by atoms with E-state index in [-0.39, 0.29) is 10.6 Å². The summed E-state index contributed by atoms with van der Waals surface area (Å²) >= 11 is 0.787. The fourth-order valence-electron chi connectivity index (χ4n) is 3.43. The molecule has 3 nitrogen and oxygen atoms in total. The monoisotopic (exact) mass is 510 g/mol. The Labute approximate surface area is 205 Å². The number of hydrogen-bond acceptors (Lipinski definition) is 4. The number of alkyl halides is 3. The third kappa shape index (κ3) is 5.85. The maximum atomic E-state index is 14.1. The van der Waals surface area contributed by atoms with E-state index in [0.29, 0.717) is 41.2 Å². The molecule has 0 N–H and O–H groups in total. The number of benzene rings is 2. The van der Waals surface area contributed by atoms with Crippen molar-refractivity contribution in [3.05, 3.63) is 52.4 Å². The van der Waals surface area contributed by atoms with Crippen molar-refractivity contribution in [2.24, 2.45) is 0 Å². The first-order chi connectivity index (χ1) is 15.7. The van der Waals surface area contributed by atoms with Gasteiger partial charge in [-0.3, -0.25) is 0 Å². The summed E-state index contributed by atoms with van der Waals surface area (Å²) in [5, 5.41) is 0.656. The second kappa shape index (κ2) is 10.0. The van der Waals surface area contributed by atoms with E-state index in [2.05, 4.69) is 33.9 Å². The lowest BCUT2D eigenvalue weighted by Crippen LogP contribution is -2.40. The lowest BCUT2D eigenvalue weighted by molar-refractivity contribution is -0.133. The van der Waals surface area contributed by atoms with Gasteiger partial charge in [-0.1, -0.05) is 32.9 Å². The van der Waals surface area contributed by atoms with Gasteiger partial charge >= 0.3 is 6.18 Å². The number of rotatable bonds is 8. The average Bonchev–Trinajstić information content (AvgIpc) is 3.11. The van der Waals surface area contributed by atoms with Crippen LogP contribution in [-0.4, -0.2) is 28.6 Å². The van der Waals surface area contributed by atoms with Gasteiger partial charge in [0.25, 0.3) is 0 Å². The van der Waals surface area contributed by atoms with E-state index in [4.69, 9.17) is 13.9 Å². The van der Waals surface area contributed by atoms with Gasteiger partial charge in [-0.05, 0) is 66.0 Å². The molecule has 8 heteroatoms. The second-order valence-electron chi connectivity index (χ2n) is 10.0. The van der Waals surface area contributed by atoms with E-state index < -0.39 is 19.4 Å². The average molecular weight is 511 g/mol. The van der Waals surface area contributed by atoms with Gasteiger partial charge in [-0.25, -0.2) is 0 Å². The highest BCUT2D eigenvalue weighted by Gasteiger charge is 2.38. The molecular formula is C26H33F3O3SSi. The predicted molar refractivity (Wildman–Crippen MR) is 136 cm³/mol. The Hall–Kier alpha value is -1.87. The second-order valence-corrected chi connectivity index (χ2v) is 15.9. The van der Waals surface area contributed by atoms with Crippen LogP contribution in [0.1, 0.15) is 36.8 Å². The molecule has 0 amide bonds. The summed E-state index contributed by atoms with van der Waals surface area (Å²) in [6, 6.07) is 10.7. The Balaban J connectivity index is 2.05. The van der Waals surface area contributed by atoms with Gasteiger partial charge in [0.05, 0.1) is 13.2 Å². The summed E-state index contributed by atoms with van der Waals surface area (Å²) in [6.07, 6.45) is -4.45. The molecule has 0 unspecified atom stereocenters. The number of ether oxygens (including phenoxy) is 2. The molecule has 3 rings (SSSR count). The molecule has 0 bridgehead atoms. The standard InChI is InChI=1S/C26H33F3O3SSi/c1-17-14-19(31-13-12-30-5)9-10-20(17)23-21-15-18(16-32-34(6,7)25(2,3)4)8-11-22(21)33-24(23)26(27,28)29/h8-11,14-15H,12-13,16H2,1-7H3. The van der Waals surface area contributed by atoms with Crippen LogP contribution in [0.15, 0.2) is 36.4 Å². The molecule has 0 spiro atoms. The molecule has 0 aliphatic carbocycles. The minimum absolute atomic E-state index is 0.0538. The number of halogens is 3. The predicted octanol–water partition coefficient (Wildman–Crippen LogP) is 8.44. The highest BCUT2D eigenvalue weighted by Crippen LogP contribution is 2.48. The zero-order valence-corrected chi connectivity index (χ0v) is 22.7. The first-order valence-corrected chi connectivity index (χ1v) is 15.0. The SMILES string of the molecule is COCCOc1ccc(-c2c(C(F)(F)F)sc3ccc(CO[Si](C)(C)C(C)(C)C)cc23)c(C)c1. The molecule has 0 aliphatic rings. The van der Waals surface area contributed by atoms with Crippen LogP contribution in [0.3, 0.4) is 0 Å². The maximum Gasteiger partial charge on any atom is 0.426 e. The van der Waals surface area contributed by atoms with Crippen LogP contribution in [0.5, 0.6) is 5.75 Å². The smallest absolute Gasteiger partial charge is 0.426 e. The summed E-state index contributed by atoms with van der Waals surface area (Å²) in [6.45, 7) is 13.9. The Morgan fingerprint density at radius 2 is 1.68 bits per heavy atom. The summed E-state index contributed by atoms with van der Waals surface area (Å²) in [5.74, 6) is 0.606. The number of fused-ring (bicyclic) bond motifs is 1. The third-order valence-corrected chi connectivity index (χ3v) is 12.1. The minimum atomic E-state index is -4.45. The van der Waals surface area contributed by atoms with Crippen LogP contribution in [0.2, 0.25) is 18.1 Å². The summed E-state index contributed by atoms with van der Waals surface area (Å²) in [5.41, 5.74) is 2.38. The normalized spacial score (nSPS) is 13.0. The quantitative estimate of drug-likeness (QED) is 0.225. The third-order valence-electron chi connectivity index (χ3n) is 6.44. The molecule has 0 saturated heterocycles. The van der Waals surface area contributed by atoms with E-state index in [1.807, 2.05) is 19.1 Å². The molecule has 0 fully saturated rings. The lowest BCUT2D eigenvalue weighted by Gasteiger charge is -2.36. The zero-order valence-electron chi connectivity index (χ0n) is 20.9. The number of hydrogen-bond donors (Lipinski definition) is 0. The Kier molecular flexibility index (Phi) is 7.87. The van der Waals surface area contributed by atoms with Crippen LogP contribution in [0.4, 0.5) is 13.2 Å². The van der Waals surface area contributed by atoms with E-state index >= 15 is 0 Å². The molecule has 186 valence electrons. The van der Waals surface area contributed by atoms with Gasteiger partial charge < -0.3 is 13.9 Å². The molecule has 2 aromatic carbocycles. The Morgan fingerprint density at radius 3 is 2.26 bits per heavy atom. The summed E-state index contributed by atoms with van der Waals surface area (Å²) < 4.78 is 59.8. The summed E-state index contributed by atoms with van der Waals surface area (Å²) in [7, 11) is -0.400. The number of methoxy groups -OCH3 is 1. The first-order valence-electron chi connectivity index (χ1n) is 11.2. The van der Waals surface area contributed by atoms with Gasteiger partial charge in [0.15, 0.2) is 8.32 Å². The van der Waals surface area contributed by atoms with Crippen molar-refractivity contribution in [2.45, 2.75) is 58.6 Å². The van der Waals surface area contributed by atoms with Crippen molar-refractivity contribution >= 4 is 29.7 Å². The molecule has 0 aliphatic heterocycles. The van der Waals surface area contributed by atoms with Gasteiger partial charge in [-0.2, -0.15) is 13.2 Å². The van der Waals surface area contributed by atoms with E-state index in [1.165, 1.54) is 0 Å². The maximum absolute atomic E-state index is 14.1. The fourth-order valence-corrected chi connectivity index (χ4v) is 5.46. The largest absolute Gasteiger partial charge is 0.491 e. The molecule has 0 radical (unpaired) electrons. The highest BCUT2D eigenvalue weighted by molar-refractivity contribution is 7.19. The Morgan fingerprint density at radius 1 is 0.971 bits per heavy atom. The molecule has 0 saturated carbocycles. The van der Waals surface area contributed by atoms with Gasteiger partial charge in [-0.15, -0.1) is 11.3 Å². The van der Waals surface area contributed by atoms with Crippen LogP contribution in [-0.2, 0) is 21.9 Å². The van der Waals surface area contributed by atoms with Crippen molar-refractivity contribution < 1.29 is 27.1 Å². The van der Waals surface area contributed by atoms with E-state index in [9.17, 15) is 13.2 Å². The topological polar surface area (TPSA) is 27.7 Å². The molecule has 3 aromatic rings. The van der Waals surface area contributed by atoms with Crippen molar-refractivity contribution in [1.29, 1.82) is 0 Å². The van der Waals surface area contributed by atoms with Crippen LogP contribution >= 0.6 is 11.3 Å². The molecule has 34 heavy (non-hydrogen) atoms. The van der Waals surface area contributed by atoms with E-state index in [1.54, 1.807) is 31.4 Å². The molecule has 1 heterocycles. The van der Waals surface area contributed by atoms with Crippen LogP contribution in [0, 0.1) is 6.92 Å². The van der Waals surface area contributed by atoms with Crippen molar-refractivity contribution in [2.75, 3.05) is 20.3 Å². The van der Waals surface area contributed by atoms with Gasteiger partial charge in [0.1, 0.15) is 17.2 Å². The van der Waals surface area contributed by atoms with Gasteiger partial charge in [0.2, 0.25) is 0 Å². The summed E-state index contributed by atoms with van der Waals surface area (Å²) in [4.78, 5) is -0.582. The zero-order chi connectivity index (χ0) is 25.3. The number of aryl methyl sites for hydroxylation is 1. The lowest BCUT2D eigenvalue weighted by atomic mass is 9.96.